The van der Waals surface area contributed by atoms with Crippen LogP contribution in [0.2, 0.25) is 0 Å². The molecule has 98 valence electrons. The fraction of sp³-hybridized carbons (Fsp3) is 0.214. The van der Waals surface area contributed by atoms with Crippen molar-refractivity contribution in [1.82, 2.24) is 4.98 Å². The number of pyridine rings is 1. The van der Waals surface area contributed by atoms with Crippen molar-refractivity contribution >= 4 is 22.6 Å². The lowest BCUT2D eigenvalue weighted by atomic mass is 10.1. The van der Waals surface area contributed by atoms with E-state index in [-0.39, 0.29) is 18.7 Å². The Morgan fingerprint density at radius 1 is 1.21 bits per heavy atom. The van der Waals surface area contributed by atoms with E-state index in [1.54, 1.807) is 6.20 Å². The highest BCUT2D eigenvalue weighted by Gasteiger charge is 2.12. The van der Waals surface area contributed by atoms with E-state index in [1.807, 2.05) is 30.3 Å². The SMILES string of the molecule is NC(=O)CCCOC(=O)c1nccc2ccccc12. The number of amides is 1. The molecule has 1 aromatic carbocycles. The first-order valence-corrected chi connectivity index (χ1v) is 5.97. The van der Waals surface area contributed by atoms with E-state index in [2.05, 4.69) is 4.98 Å². The number of hydrogen-bond acceptors (Lipinski definition) is 4. The number of fused-ring (bicyclic) bond motifs is 1. The Bertz CT molecular complexity index is 605. The van der Waals surface area contributed by atoms with Gasteiger partial charge in [0.05, 0.1) is 6.61 Å². The number of hydrogen-bond donors (Lipinski definition) is 1. The molecule has 0 fully saturated rings. The number of nitrogens with two attached hydrogens (primary N) is 1. The lowest BCUT2D eigenvalue weighted by Crippen LogP contribution is -2.13. The molecule has 19 heavy (non-hydrogen) atoms. The first kappa shape index (κ1) is 13.0. The van der Waals surface area contributed by atoms with E-state index in [9.17, 15) is 9.59 Å². The maximum atomic E-state index is 11.9. The maximum absolute atomic E-state index is 11.9. The molecule has 2 aromatic rings. The van der Waals surface area contributed by atoms with Gasteiger partial charge in [-0.15, -0.1) is 0 Å². The molecule has 1 aromatic heterocycles. The molecule has 0 radical (unpaired) electrons. The number of rotatable bonds is 5. The van der Waals surface area contributed by atoms with Gasteiger partial charge in [-0.2, -0.15) is 0 Å². The highest BCUT2D eigenvalue weighted by Crippen LogP contribution is 2.17. The number of carbonyl (C=O) groups is 2. The average molecular weight is 258 g/mol. The first-order chi connectivity index (χ1) is 9.18. The number of ether oxygens (including phenoxy) is 1. The number of benzene rings is 1. The lowest BCUT2D eigenvalue weighted by molar-refractivity contribution is -0.118. The van der Waals surface area contributed by atoms with E-state index < -0.39 is 11.9 Å². The minimum atomic E-state index is -0.485. The summed E-state index contributed by atoms with van der Waals surface area (Å²) in [6.45, 7) is 0.159. The van der Waals surface area contributed by atoms with Crippen LogP contribution in [0.4, 0.5) is 0 Å². The van der Waals surface area contributed by atoms with Gasteiger partial charge < -0.3 is 10.5 Å². The second-order valence-corrected chi connectivity index (χ2v) is 4.09. The summed E-state index contributed by atoms with van der Waals surface area (Å²) in [5.74, 6) is -0.888. The zero-order chi connectivity index (χ0) is 13.7. The second-order valence-electron chi connectivity index (χ2n) is 4.09. The summed E-state index contributed by atoms with van der Waals surface area (Å²) in [5, 5.41) is 1.69. The van der Waals surface area contributed by atoms with Crippen molar-refractivity contribution in [2.75, 3.05) is 6.61 Å². The van der Waals surface area contributed by atoms with Gasteiger partial charge in [-0.05, 0) is 17.9 Å². The number of primary amides is 1. The topological polar surface area (TPSA) is 82.3 Å². The van der Waals surface area contributed by atoms with Crippen LogP contribution in [0.15, 0.2) is 36.5 Å². The minimum Gasteiger partial charge on any atom is -0.461 e. The van der Waals surface area contributed by atoms with Crippen LogP contribution in [0, 0.1) is 0 Å². The molecular weight excluding hydrogens is 244 g/mol. The van der Waals surface area contributed by atoms with E-state index in [4.69, 9.17) is 10.5 Å². The summed E-state index contributed by atoms with van der Waals surface area (Å²) in [4.78, 5) is 26.5. The van der Waals surface area contributed by atoms with Gasteiger partial charge in [0.15, 0.2) is 5.69 Å². The van der Waals surface area contributed by atoms with Crippen molar-refractivity contribution in [3.8, 4) is 0 Å². The summed E-state index contributed by atoms with van der Waals surface area (Å²) >= 11 is 0. The summed E-state index contributed by atoms with van der Waals surface area (Å²) < 4.78 is 5.08. The number of nitrogens with zero attached hydrogens (tertiary/aromatic N) is 1. The van der Waals surface area contributed by atoms with Gasteiger partial charge in [0.1, 0.15) is 0 Å². The zero-order valence-corrected chi connectivity index (χ0v) is 10.3. The molecule has 0 aliphatic rings. The standard InChI is InChI=1S/C14H14N2O3/c15-12(17)6-3-9-19-14(18)13-11-5-2-1-4-10(11)7-8-16-13/h1-2,4-5,7-8H,3,6,9H2,(H2,15,17). The predicted octanol–water partition coefficient (Wildman–Crippen LogP) is 1.66. The van der Waals surface area contributed by atoms with Crippen LogP contribution < -0.4 is 5.73 Å². The highest BCUT2D eigenvalue weighted by molar-refractivity contribution is 6.02. The normalized spacial score (nSPS) is 10.3. The molecule has 1 amide bonds. The van der Waals surface area contributed by atoms with Gasteiger partial charge in [0.2, 0.25) is 5.91 Å². The molecule has 1 heterocycles. The van der Waals surface area contributed by atoms with E-state index in [1.165, 1.54) is 0 Å². The Balaban J connectivity index is 2.07. The molecule has 0 aliphatic carbocycles. The summed E-state index contributed by atoms with van der Waals surface area (Å²) in [5.41, 5.74) is 5.29. The van der Waals surface area contributed by atoms with Gasteiger partial charge in [-0.3, -0.25) is 4.79 Å². The Morgan fingerprint density at radius 3 is 2.79 bits per heavy atom. The fourth-order valence-corrected chi connectivity index (χ4v) is 1.76. The van der Waals surface area contributed by atoms with Gasteiger partial charge in [0.25, 0.3) is 0 Å². The van der Waals surface area contributed by atoms with Crippen molar-refractivity contribution in [3.05, 3.63) is 42.2 Å². The largest absolute Gasteiger partial charge is 0.461 e. The molecule has 0 unspecified atom stereocenters. The van der Waals surface area contributed by atoms with Crippen LogP contribution in [0.25, 0.3) is 10.8 Å². The number of aromatic nitrogens is 1. The third kappa shape index (κ3) is 3.28. The molecule has 0 saturated heterocycles. The van der Waals surface area contributed by atoms with E-state index >= 15 is 0 Å². The molecule has 0 saturated carbocycles. The highest BCUT2D eigenvalue weighted by atomic mass is 16.5. The smallest absolute Gasteiger partial charge is 0.357 e. The maximum Gasteiger partial charge on any atom is 0.357 e. The van der Waals surface area contributed by atoms with Crippen molar-refractivity contribution < 1.29 is 14.3 Å². The molecule has 5 heteroatoms. The molecule has 0 spiro atoms. The Morgan fingerprint density at radius 2 is 2.00 bits per heavy atom. The van der Waals surface area contributed by atoms with Crippen molar-refractivity contribution in [1.29, 1.82) is 0 Å². The van der Waals surface area contributed by atoms with Crippen LogP contribution in [-0.2, 0) is 9.53 Å². The third-order valence-electron chi connectivity index (χ3n) is 2.67. The monoisotopic (exact) mass is 258 g/mol. The number of esters is 1. The molecular formula is C14H14N2O3. The van der Waals surface area contributed by atoms with Gasteiger partial charge in [0, 0.05) is 18.0 Å². The second kappa shape index (κ2) is 5.95. The summed E-state index contributed by atoms with van der Waals surface area (Å²) in [6, 6.07) is 9.29. The van der Waals surface area contributed by atoms with E-state index in [0.717, 1.165) is 10.8 Å². The fourth-order valence-electron chi connectivity index (χ4n) is 1.76. The van der Waals surface area contributed by atoms with E-state index in [0.29, 0.717) is 6.42 Å². The molecule has 0 atom stereocenters. The summed E-state index contributed by atoms with van der Waals surface area (Å²) in [7, 11) is 0. The van der Waals surface area contributed by atoms with Crippen molar-refractivity contribution in [2.45, 2.75) is 12.8 Å². The molecule has 0 aliphatic heterocycles. The lowest BCUT2D eigenvalue weighted by Gasteiger charge is -2.06. The zero-order valence-electron chi connectivity index (χ0n) is 10.3. The first-order valence-electron chi connectivity index (χ1n) is 5.97. The van der Waals surface area contributed by atoms with Crippen molar-refractivity contribution in [3.63, 3.8) is 0 Å². The quantitative estimate of drug-likeness (QED) is 0.653. The Labute approximate surface area is 110 Å². The van der Waals surface area contributed by atoms with Crippen molar-refractivity contribution in [2.24, 2.45) is 5.73 Å². The Hall–Kier alpha value is -2.43. The Kier molecular flexibility index (Phi) is 4.07. The molecule has 2 rings (SSSR count). The van der Waals surface area contributed by atoms with Gasteiger partial charge in [-0.25, -0.2) is 9.78 Å². The molecule has 2 N–H and O–H groups in total. The van der Waals surface area contributed by atoms with Gasteiger partial charge in [-0.1, -0.05) is 24.3 Å². The average Bonchev–Trinajstić information content (AvgIpc) is 2.42. The molecule has 5 nitrogen and oxygen atoms in total. The summed E-state index contributed by atoms with van der Waals surface area (Å²) in [6.07, 6.45) is 2.20. The number of carbonyl (C=O) groups excluding carboxylic acids is 2. The van der Waals surface area contributed by atoms with Crippen LogP contribution >= 0.6 is 0 Å². The van der Waals surface area contributed by atoms with Gasteiger partial charge >= 0.3 is 5.97 Å². The van der Waals surface area contributed by atoms with Crippen LogP contribution in [-0.4, -0.2) is 23.5 Å². The van der Waals surface area contributed by atoms with Crippen LogP contribution in [0.3, 0.4) is 0 Å². The van der Waals surface area contributed by atoms with Crippen LogP contribution in [0.1, 0.15) is 23.3 Å². The third-order valence-corrected chi connectivity index (χ3v) is 2.67. The predicted molar refractivity (Wildman–Crippen MR) is 70.5 cm³/mol. The minimum absolute atomic E-state index is 0.159. The molecule has 0 bridgehead atoms. The van der Waals surface area contributed by atoms with Crippen LogP contribution in [0.5, 0.6) is 0 Å².